The second-order valence-corrected chi connectivity index (χ2v) is 4.12. The van der Waals surface area contributed by atoms with Crippen LogP contribution in [0.3, 0.4) is 0 Å². The molecule has 2 aromatic rings. The SMILES string of the molecule is Cc1cc(-n2cc(C(=O)O)cn2)ncc1Br. The first kappa shape index (κ1) is 10.8. The molecule has 1 N–H and O–H groups in total. The quantitative estimate of drug-likeness (QED) is 0.915. The minimum atomic E-state index is -1.000. The molecule has 0 atom stereocenters. The monoisotopic (exact) mass is 281 g/mol. The van der Waals surface area contributed by atoms with Crippen molar-refractivity contribution in [3.63, 3.8) is 0 Å². The number of aromatic carboxylic acids is 1. The molecule has 16 heavy (non-hydrogen) atoms. The van der Waals surface area contributed by atoms with Crippen LogP contribution in [0.15, 0.2) is 29.1 Å². The number of halogens is 1. The molecule has 0 amide bonds. The number of carbonyl (C=O) groups is 1. The van der Waals surface area contributed by atoms with Gasteiger partial charge < -0.3 is 5.11 Å². The first-order valence-corrected chi connectivity index (χ1v) is 5.27. The van der Waals surface area contributed by atoms with Gasteiger partial charge in [0.15, 0.2) is 5.82 Å². The predicted octanol–water partition coefficient (Wildman–Crippen LogP) is 2.04. The number of aryl methyl sites for hydroxylation is 1. The van der Waals surface area contributed by atoms with Crippen LogP contribution in [0.4, 0.5) is 0 Å². The van der Waals surface area contributed by atoms with Gasteiger partial charge in [-0.05, 0) is 34.5 Å². The molecule has 2 rings (SSSR count). The number of pyridine rings is 1. The zero-order valence-corrected chi connectivity index (χ0v) is 9.97. The fraction of sp³-hybridized carbons (Fsp3) is 0.100. The highest BCUT2D eigenvalue weighted by Crippen LogP contribution is 2.16. The van der Waals surface area contributed by atoms with E-state index in [-0.39, 0.29) is 5.56 Å². The topological polar surface area (TPSA) is 68.0 Å². The summed E-state index contributed by atoms with van der Waals surface area (Å²) in [6.07, 6.45) is 4.38. The summed E-state index contributed by atoms with van der Waals surface area (Å²) in [6.45, 7) is 1.93. The summed E-state index contributed by atoms with van der Waals surface area (Å²) in [5.74, 6) is -0.409. The minimum Gasteiger partial charge on any atom is -0.478 e. The van der Waals surface area contributed by atoms with E-state index in [2.05, 4.69) is 26.0 Å². The van der Waals surface area contributed by atoms with Crippen LogP contribution in [0.25, 0.3) is 5.82 Å². The van der Waals surface area contributed by atoms with E-state index in [9.17, 15) is 4.79 Å². The van der Waals surface area contributed by atoms with Gasteiger partial charge in [-0.2, -0.15) is 5.10 Å². The van der Waals surface area contributed by atoms with Gasteiger partial charge in [-0.15, -0.1) is 0 Å². The van der Waals surface area contributed by atoms with Gasteiger partial charge in [0.05, 0.1) is 11.8 Å². The number of hydrogen-bond acceptors (Lipinski definition) is 3. The van der Waals surface area contributed by atoms with E-state index in [4.69, 9.17) is 5.11 Å². The van der Waals surface area contributed by atoms with Gasteiger partial charge in [-0.1, -0.05) is 0 Å². The van der Waals surface area contributed by atoms with Crippen molar-refractivity contribution in [3.8, 4) is 5.82 Å². The van der Waals surface area contributed by atoms with E-state index in [1.54, 1.807) is 6.20 Å². The summed E-state index contributed by atoms with van der Waals surface area (Å²) in [5, 5.41) is 12.7. The maximum absolute atomic E-state index is 10.7. The molecule has 6 heteroatoms. The lowest BCUT2D eigenvalue weighted by molar-refractivity contribution is 0.0697. The molecule has 2 heterocycles. The molecule has 82 valence electrons. The Balaban J connectivity index is 2.42. The van der Waals surface area contributed by atoms with Gasteiger partial charge in [-0.25, -0.2) is 14.5 Å². The van der Waals surface area contributed by atoms with E-state index in [1.165, 1.54) is 17.1 Å². The molecular formula is C10H8BrN3O2. The van der Waals surface area contributed by atoms with Gasteiger partial charge >= 0.3 is 5.97 Å². The Morgan fingerprint density at radius 1 is 1.50 bits per heavy atom. The molecule has 0 saturated carbocycles. The Bertz CT molecular complexity index is 551. The Morgan fingerprint density at radius 3 is 2.81 bits per heavy atom. The van der Waals surface area contributed by atoms with Gasteiger partial charge in [0.2, 0.25) is 0 Å². The first-order chi connectivity index (χ1) is 7.58. The van der Waals surface area contributed by atoms with Gasteiger partial charge in [0.1, 0.15) is 0 Å². The zero-order valence-electron chi connectivity index (χ0n) is 8.38. The normalized spacial score (nSPS) is 10.4. The van der Waals surface area contributed by atoms with Crippen LogP contribution < -0.4 is 0 Å². The fourth-order valence-electron chi connectivity index (χ4n) is 1.21. The summed E-state index contributed by atoms with van der Waals surface area (Å²) < 4.78 is 2.34. The Hall–Kier alpha value is -1.69. The van der Waals surface area contributed by atoms with Crippen LogP contribution >= 0.6 is 15.9 Å². The second-order valence-electron chi connectivity index (χ2n) is 3.27. The van der Waals surface area contributed by atoms with Crippen LogP contribution in [-0.2, 0) is 0 Å². The van der Waals surface area contributed by atoms with Crippen LogP contribution in [0.5, 0.6) is 0 Å². The van der Waals surface area contributed by atoms with Crippen molar-refractivity contribution in [2.24, 2.45) is 0 Å². The van der Waals surface area contributed by atoms with Gasteiger partial charge in [0.25, 0.3) is 0 Å². The van der Waals surface area contributed by atoms with Crippen molar-refractivity contribution in [2.75, 3.05) is 0 Å². The van der Waals surface area contributed by atoms with Crippen LogP contribution in [0, 0.1) is 6.92 Å². The summed E-state index contributed by atoms with van der Waals surface area (Å²) in [6, 6.07) is 1.82. The van der Waals surface area contributed by atoms with E-state index in [0.29, 0.717) is 5.82 Å². The van der Waals surface area contributed by atoms with Crippen molar-refractivity contribution in [1.29, 1.82) is 0 Å². The molecule has 0 aromatic carbocycles. The lowest BCUT2D eigenvalue weighted by Crippen LogP contribution is -1.99. The van der Waals surface area contributed by atoms with E-state index >= 15 is 0 Å². The lowest BCUT2D eigenvalue weighted by Gasteiger charge is -2.02. The highest BCUT2D eigenvalue weighted by atomic mass is 79.9. The molecule has 0 aliphatic carbocycles. The Morgan fingerprint density at radius 2 is 2.25 bits per heavy atom. The predicted molar refractivity (Wildman–Crippen MR) is 60.8 cm³/mol. The molecular weight excluding hydrogens is 274 g/mol. The molecule has 0 saturated heterocycles. The third kappa shape index (κ3) is 1.96. The maximum Gasteiger partial charge on any atom is 0.338 e. The van der Waals surface area contributed by atoms with Crippen molar-refractivity contribution in [1.82, 2.24) is 14.8 Å². The second kappa shape index (κ2) is 4.05. The summed E-state index contributed by atoms with van der Waals surface area (Å²) in [5.41, 5.74) is 1.15. The third-order valence-corrected chi connectivity index (χ3v) is 2.93. The fourth-order valence-corrected chi connectivity index (χ4v) is 1.43. The molecule has 5 nitrogen and oxygen atoms in total. The zero-order chi connectivity index (χ0) is 11.7. The minimum absolute atomic E-state index is 0.141. The number of carboxylic acids is 1. The number of aromatic nitrogens is 3. The number of hydrogen-bond donors (Lipinski definition) is 1. The highest BCUT2D eigenvalue weighted by Gasteiger charge is 2.08. The number of carboxylic acid groups (broad SMARTS) is 1. The first-order valence-electron chi connectivity index (χ1n) is 4.48. The van der Waals surface area contributed by atoms with E-state index in [0.717, 1.165) is 10.0 Å². The molecule has 0 aliphatic rings. The van der Waals surface area contributed by atoms with Gasteiger partial charge in [0, 0.05) is 16.9 Å². The van der Waals surface area contributed by atoms with Crippen molar-refractivity contribution in [2.45, 2.75) is 6.92 Å². The van der Waals surface area contributed by atoms with Crippen LogP contribution in [-0.4, -0.2) is 25.8 Å². The van der Waals surface area contributed by atoms with Crippen LogP contribution in [0.2, 0.25) is 0 Å². The largest absolute Gasteiger partial charge is 0.478 e. The summed E-state index contributed by atoms with van der Waals surface area (Å²) >= 11 is 3.34. The molecule has 2 aromatic heterocycles. The van der Waals surface area contributed by atoms with Crippen molar-refractivity contribution < 1.29 is 9.90 Å². The summed E-state index contributed by atoms with van der Waals surface area (Å²) in [7, 11) is 0. The molecule has 0 spiro atoms. The summed E-state index contributed by atoms with van der Waals surface area (Å²) in [4.78, 5) is 14.8. The average molecular weight is 282 g/mol. The molecule has 0 bridgehead atoms. The Kier molecular flexibility index (Phi) is 2.74. The highest BCUT2D eigenvalue weighted by molar-refractivity contribution is 9.10. The van der Waals surface area contributed by atoms with Crippen molar-refractivity contribution in [3.05, 3.63) is 40.3 Å². The molecule has 0 aliphatic heterocycles. The van der Waals surface area contributed by atoms with E-state index < -0.39 is 5.97 Å². The number of nitrogens with zero attached hydrogens (tertiary/aromatic N) is 3. The third-order valence-electron chi connectivity index (χ3n) is 2.10. The smallest absolute Gasteiger partial charge is 0.338 e. The van der Waals surface area contributed by atoms with Gasteiger partial charge in [-0.3, -0.25) is 0 Å². The molecule has 0 fully saturated rings. The molecule has 0 radical (unpaired) electrons. The number of rotatable bonds is 2. The standard InChI is InChI=1S/C10H8BrN3O2/c1-6-2-9(12-4-8(6)11)14-5-7(3-13-14)10(15)16/h2-5H,1H3,(H,15,16). The maximum atomic E-state index is 10.7. The lowest BCUT2D eigenvalue weighted by atomic mass is 10.3. The van der Waals surface area contributed by atoms with E-state index in [1.807, 2.05) is 13.0 Å². The molecule has 0 unspecified atom stereocenters. The van der Waals surface area contributed by atoms with Crippen molar-refractivity contribution >= 4 is 21.9 Å². The van der Waals surface area contributed by atoms with Crippen LogP contribution in [0.1, 0.15) is 15.9 Å². The Labute approximate surface area is 99.9 Å². The average Bonchev–Trinajstić information content (AvgIpc) is 2.71.